The number of carbonyl (C=O) groups excluding carboxylic acids is 5. The molecule has 6 saturated carbocycles. The fourth-order valence-electron chi connectivity index (χ4n) is 22.4. The minimum atomic E-state index is -5.90. The number of esters is 5. The van der Waals surface area contributed by atoms with Gasteiger partial charge in [-0.3, -0.25) is 22.7 Å². The van der Waals surface area contributed by atoms with Crippen molar-refractivity contribution in [3.63, 3.8) is 0 Å². The summed E-state index contributed by atoms with van der Waals surface area (Å²) in [6, 6.07) is 98.7. The molecular weight excluding hydrogens is 2080 g/mol. The summed E-state index contributed by atoms with van der Waals surface area (Å²) in [7, 11) is -22.9. The third-order valence-electron chi connectivity index (χ3n) is 28.9. The molecular formula is C113H118F2O27S8. The van der Waals surface area contributed by atoms with Crippen LogP contribution in [0.15, 0.2) is 329 Å². The van der Waals surface area contributed by atoms with Gasteiger partial charge in [-0.05, 0) is 254 Å². The van der Waals surface area contributed by atoms with Crippen molar-refractivity contribution in [3.05, 3.63) is 330 Å². The van der Waals surface area contributed by atoms with Gasteiger partial charge in [-0.1, -0.05) is 189 Å². The van der Waals surface area contributed by atoms with Crippen molar-refractivity contribution in [1.29, 1.82) is 0 Å². The Morgan fingerprint density at radius 3 is 1.03 bits per heavy atom. The van der Waals surface area contributed by atoms with Crippen LogP contribution in [-0.2, 0) is 139 Å². The van der Waals surface area contributed by atoms with E-state index in [-0.39, 0.29) is 105 Å². The van der Waals surface area contributed by atoms with E-state index in [2.05, 4.69) is 276 Å². The minimum absolute atomic E-state index is 0.0146. The van der Waals surface area contributed by atoms with Crippen molar-refractivity contribution in [3.8, 4) is 11.5 Å². The smallest absolute Gasteiger partial charge is 0.367 e. The van der Waals surface area contributed by atoms with Gasteiger partial charge in [-0.2, -0.15) is 25.6 Å². The van der Waals surface area contributed by atoms with Crippen molar-refractivity contribution in [1.82, 2.24) is 0 Å². The average Bonchev–Trinajstić information content (AvgIpc) is 1.52. The second-order valence-corrected chi connectivity index (χ2v) is 53.2. The number of hydrogen-bond donors (Lipinski definition) is 0. The summed E-state index contributed by atoms with van der Waals surface area (Å²) in [5, 5.41) is -5.73. The van der Waals surface area contributed by atoms with Gasteiger partial charge in [0.1, 0.15) is 78.9 Å². The first-order valence-electron chi connectivity index (χ1n) is 49.7. The quantitative estimate of drug-likeness (QED) is 0.0144. The maximum absolute atomic E-state index is 13.3. The summed E-state index contributed by atoms with van der Waals surface area (Å²) >= 11 is 0. The van der Waals surface area contributed by atoms with Crippen LogP contribution in [0, 0.1) is 57.3 Å². The van der Waals surface area contributed by atoms with E-state index in [9.17, 15) is 88.5 Å². The standard InChI is InChI=1S/2C29H33O3S.C19H16F2O5S.C18H15S.2C9H12O8S2/c1-22-19-26(33(24-13-7-4-8-14-24)25-15-9-5-10-16-25)20-23(2)28(22)31-21-27(30)32-29(3)17-11-6-12-18-29;1-4-29(17-11-12-18-29)32-27(30)21-31-28-22(2)19-26(20-23(28)3)33(24-13-7-5-8-14-24)25-15-9-6-10-16-25;20-19(21,27(23,24)25)10-26-18(22)16-9-15-11-5-1-3-7-13(11)17(16)14-8-4-2-6-12(14)15;1-4-10-16(11-5-1)19(17-12-6-2-7-13-17)18-14-8-3-9-15-18;2*10-7(3-18(11,12)13)16-8-4-1-5-6(2-4)19(14,15)17-9(5)8/h4-5,7-10,13-16,19-20H,6,11-12,17-18,21H2,1-3H3;5-10,13-16,19-20H,4,11-12,17-18,21H2,1-3H3;1-8,15-17H,9-10H2,(H,23,24,25);1-15H;2*4-6,8-9H,1-3H2,(H,11,12,13)/q2*+1;;+1;;/p-3. The van der Waals surface area contributed by atoms with E-state index in [0.717, 1.165) is 114 Å². The Hall–Kier alpha value is -11.2. The average molecular weight is 2200 g/mol. The fourth-order valence-corrected chi connectivity index (χ4v) is 33.7. The van der Waals surface area contributed by atoms with Gasteiger partial charge >= 0.3 is 35.1 Å². The molecule has 2 aliphatic heterocycles. The van der Waals surface area contributed by atoms with E-state index in [4.69, 9.17) is 36.8 Å². The number of hydrogen-bond acceptors (Lipinski definition) is 27. The second-order valence-electron chi connectivity index (χ2n) is 39.3. The number of rotatable bonds is 28. The van der Waals surface area contributed by atoms with Gasteiger partial charge in [0.25, 0.3) is 20.2 Å². The highest BCUT2D eigenvalue weighted by Gasteiger charge is 2.67. The Kier molecular flexibility index (Phi) is 35.4. The van der Waals surface area contributed by atoms with Crippen LogP contribution in [0.3, 0.4) is 0 Å². The minimum Gasteiger partial charge on any atom is -0.748 e. The molecule has 11 unspecified atom stereocenters. The van der Waals surface area contributed by atoms with Crippen molar-refractivity contribution in [2.24, 2.45) is 29.6 Å². The summed E-state index contributed by atoms with van der Waals surface area (Å²) in [6.45, 7) is 10.5. The van der Waals surface area contributed by atoms with Crippen LogP contribution in [0.4, 0.5) is 8.78 Å². The van der Waals surface area contributed by atoms with Crippen LogP contribution < -0.4 is 9.47 Å². The molecule has 11 atom stereocenters. The van der Waals surface area contributed by atoms with Crippen LogP contribution in [-0.4, -0.2) is 168 Å². The molecule has 0 aromatic heterocycles. The summed E-state index contributed by atoms with van der Waals surface area (Å²) in [4.78, 5) is 71.9. The van der Waals surface area contributed by atoms with Crippen molar-refractivity contribution in [2.75, 3.05) is 31.3 Å². The largest absolute Gasteiger partial charge is 0.748 e. The lowest BCUT2D eigenvalue weighted by Crippen LogP contribution is -2.40. The van der Waals surface area contributed by atoms with Crippen LogP contribution in [0.5, 0.6) is 11.5 Å². The van der Waals surface area contributed by atoms with Gasteiger partial charge in [-0.15, -0.1) is 0 Å². The number of aryl methyl sites for hydroxylation is 4. The lowest BCUT2D eigenvalue weighted by atomic mass is 9.59. The van der Waals surface area contributed by atoms with Gasteiger partial charge in [0.05, 0.1) is 49.1 Å². The highest BCUT2D eigenvalue weighted by atomic mass is 32.2. The molecule has 0 amide bonds. The Balaban J connectivity index is 0.000000130. The molecule has 22 rings (SSSR count). The van der Waals surface area contributed by atoms with Gasteiger partial charge in [0.15, 0.2) is 74.0 Å². The fraction of sp³-hybridized carbons (Fsp3) is 0.372. The molecule has 6 bridgehead atoms. The molecule has 0 N–H and O–H groups in total. The predicted octanol–water partition coefficient (Wildman–Crippen LogP) is 19.0. The van der Waals surface area contributed by atoms with E-state index >= 15 is 0 Å². The van der Waals surface area contributed by atoms with E-state index < -0.39 is 133 Å². The highest BCUT2D eigenvalue weighted by molar-refractivity contribution is 7.97. The lowest BCUT2D eigenvalue weighted by molar-refractivity contribution is -0.164. The third-order valence-corrected chi connectivity index (χ3v) is 41.1. The topological polar surface area (TPSA) is 408 Å². The molecule has 794 valence electrons. The SMILES string of the molecule is CCC1(OC(=O)COc2c(C)cc([S+](c3ccccc3)c3ccccc3)cc2C)CCCC1.Cc1cc([S+](c2ccccc2)c2ccccc2)cc(C)c1OCC(=O)OC1(C)CCCCC1.O=C(CS(=O)(=O)[O-])OC1C2CC3C1OS(=O)(=O)C3C2.O=C(CS(=O)(=O)[O-])OC1C2CC3C1OS(=O)(=O)C3C2.O=C(OCC(F)(F)S(=O)(=O)[O-])C1CC2c3ccccc3C1c1ccccc12.c1ccc([S+](c2ccccc2)c2ccccc2)cc1. The van der Waals surface area contributed by atoms with Crippen LogP contribution in [0.1, 0.15) is 167 Å². The summed E-state index contributed by atoms with van der Waals surface area (Å²) in [6.07, 6.45) is 9.64. The first kappa shape index (κ1) is 111. The van der Waals surface area contributed by atoms with Crippen LogP contribution in [0.25, 0.3) is 0 Å². The zero-order valence-corrected chi connectivity index (χ0v) is 89.9. The van der Waals surface area contributed by atoms with E-state index in [1.165, 1.54) is 50.5 Å². The van der Waals surface area contributed by atoms with E-state index in [1.807, 2.05) is 55.5 Å². The number of benzene rings is 11. The highest BCUT2D eigenvalue weighted by Crippen LogP contribution is 2.59. The molecule has 11 aromatic carbocycles. The molecule has 8 fully saturated rings. The Bertz CT molecular complexity index is 6870. The predicted molar refractivity (Wildman–Crippen MR) is 556 cm³/mol. The number of ether oxygens (including phenoxy) is 7. The molecule has 0 spiro atoms. The first-order chi connectivity index (χ1) is 71.5. The molecule has 9 aliphatic carbocycles. The molecule has 2 saturated heterocycles. The number of halogens is 2. The molecule has 2 heterocycles. The summed E-state index contributed by atoms with van der Waals surface area (Å²) in [5.41, 5.74) is 7.59. The van der Waals surface area contributed by atoms with Crippen LogP contribution >= 0.6 is 0 Å². The number of fused-ring (bicyclic) bond motifs is 3. The number of carbonyl (C=O) groups is 5. The maximum atomic E-state index is 13.3. The van der Waals surface area contributed by atoms with Gasteiger partial charge < -0.3 is 46.8 Å². The van der Waals surface area contributed by atoms with Gasteiger partial charge in [-0.25, -0.2) is 34.8 Å². The second kappa shape index (κ2) is 47.6. The Morgan fingerprint density at radius 2 is 0.713 bits per heavy atom. The van der Waals surface area contributed by atoms with Crippen molar-refractivity contribution in [2.45, 2.75) is 245 Å². The van der Waals surface area contributed by atoms with E-state index in [0.29, 0.717) is 32.1 Å². The zero-order valence-electron chi connectivity index (χ0n) is 83.3. The molecule has 37 heteroatoms. The maximum Gasteiger partial charge on any atom is 0.367 e. The number of alkyl halides is 2. The zero-order chi connectivity index (χ0) is 107. The van der Waals surface area contributed by atoms with Crippen molar-refractivity contribution >= 4 is 113 Å². The van der Waals surface area contributed by atoms with Crippen LogP contribution in [0.2, 0.25) is 0 Å². The normalized spacial score (nSPS) is 23.0. The molecule has 11 aliphatic rings. The third kappa shape index (κ3) is 26.6. The molecule has 150 heavy (non-hydrogen) atoms. The summed E-state index contributed by atoms with van der Waals surface area (Å²) < 4.78 is 216. The summed E-state index contributed by atoms with van der Waals surface area (Å²) in [5.74, 6) is -6.54. The molecule has 0 radical (unpaired) electrons. The van der Waals surface area contributed by atoms with Gasteiger partial charge in [0, 0.05) is 59.8 Å². The first-order valence-corrected chi connectivity index (χ1v) is 60.9. The monoisotopic (exact) mass is 2200 g/mol. The Labute approximate surface area is 883 Å². The van der Waals surface area contributed by atoms with Gasteiger partial charge in [0.2, 0.25) is 0 Å². The van der Waals surface area contributed by atoms with Crippen molar-refractivity contribution < 1.29 is 130 Å². The Morgan fingerprint density at radius 1 is 0.407 bits per heavy atom. The lowest BCUT2D eigenvalue weighted by Gasteiger charge is -2.44. The molecule has 27 nitrogen and oxygen atoms in total. The molecule has 11 aromatic rings. The van der Waals surface area contributed by atoms with E-state index in [1.54, 1.807) is 0 Å².